The Labute approximate surface area is 163 Å². The van der Waals surface area contributed by atoms with Crippen LogP contribution in [0.1, 0.15) is 64.8 Å². The maximum atomic E-state index is 13.0. The van der Waals surface area contributed by atoms with Crippen molar-refractivity contribution in [2.24, 2.45) is 11.3 Å². The molecule has 0 bridgehead atoms. The van der Waals surface area contributed by atoms with Crippen molar-refractivity contribution in [3.63, 3.8) is 0 Å². The SMILES string of the molecule is CC(C)c1nnc(NC(=O)CN2C(=O)N[C@]3(C[C@@H](C)CC(C)(C)C3)C2=O)s1. The number of amides is 4. The molecule has 0 aromatic carbocycles. The van der Waals surface area contributed by atoms with Crippen molar-refractivity contribution >= 4 is 34.3 Å². The molecule has 1 spiro atoms. The maximum absolute atomic E-state index is 13.0. The molecular weight excluding hydrogens is 366 g/mol. The van der Waals surface area contributed by atoms with E-state index in [1.807, 2.05) is 13.8 Å². The van der Waals surface area contributed by atoms with E-state index in [2.05, 4.69) is 41.6 Å². The normalized spacial score (nSPS) is 27.3. The summed E-state index contributed by atoms with van der Waals surface area (Å²) < 4.78 is 0. The van der Waals surface area contributed by atoms with Crippen LogP contribution in [0, 0.1) is 11.3 Å². The molecule has 3 rings (SSSR count). The van der Waals surface area contributed by atoms with Crippen LogP contribution in [0.15, 0.2) is 0 Å². The molecule has 0 radical (unpaired) electrons. The number of urea groups is 1. The van der Waals surface area contributed by atoms with Gasteiger partial charge in [0.15, 0.2) is 0 Å². The summed E-state index contributed by atoms with van der Waals surface area (Å²) in [6.45, 7) is 9.98. The summed E-state index contributed by atoms with van der Waals surface area (Å²) >= 11 is 1.29. The lowest BCUT2D eigenvalue weighted by molar-refractivity contribution is -0.136. The van der Waals surface area contributed by atoms with Crippen molar-refractivity contribution in [1.29, 1.82) is 0 Å². The second-order valence-electron chi connectivity index (χ2n) is 8.91. The summed E-state index contributed by atoms with van der Waals surface area (Å²) in [5.74, 6) is -0.217. The first-order valence-electron chi connectivity index (χ1n) is 9.29. The lowest BCUT2D eigenvalue weighted by Gasteiger charge is -2.43. The molecule has 2 fully saturated rings. The van der Waals surface area contributed by atoms with Gasteiger partial charge in [0.05, 0.1) is 0 Å². The summed E-state index contributed by atoms with van der Waals surface area (Å²) in [6, 6.07) is -0.500. The largest absolute Gasteiger partial charge is 0.325 e. The first-order valence-corrected chi connectivity index (χ1v) is 10.1. The number of nitrogens with one attached hydrogen (secondary N) is 2. The first kappa shape index (κ1) is 19.7. The van der Waals surface area contributed by atoms with Gasteiger partial charge in [0.25, 0.3) is 5.91 Å². The van der Waals surface area contributed by atoms with Gasteiger partial charge in [-0.05, 0) is 30.6 Å². The van der Waals surface area contributed by atoms with Gasteiger partial charge >= 0.3 is 6.03 Å². The maximum Gasteiger partial charge on any atom is 0.325 e. The molecule has 148 valence electrons. The summed E-state index contributed by atoms with van der Waals surface area (Å²) in [4.78, 5) is 38.9. The Morgan fingerprint density at radius 3 is 2.63 bits per heavy atom. The number of rotatable bonds is 4. The molecule has 1 aromatic rings. The molecule has 1 aliphatic heterocycles. The molecule has 1 saturated heterocycles. The number of carbonyl (C=O) groups is 3. The van der Waals surface area contributed by atoms with Crippen LogP contribution < -0.4 is 10.6 Å². The Hall–Kier alpha value is -2.03. The minimum absolute atomic E-state index is 0.0430. The molecule has 2 heterocycles. The van der Waals surface area contributed by atoms with E-state index in [0.29, 0.717) is 23.9 Å². The molecule has 0 unspecified atom stereocenters. The molecule has 2 aliphatic rings. The molecule has 1 saturated carbocycles. The Kier molecular flexibility index (Phi) is 5.00. The van der Waals surface area contributed by atoms with Crippen LogP contribution >= 0.6 is 11.3 Å². The van der Waals surface area contributed by atoms with Crippen LogP contribution in [0.3, 0.4) is 0 Å². The van der Waals surface area contributed by atoms with Gasteiger partial charge in [-0.2, -0.15) is 0 Å². The van der Waals surface area contributed by atoms with Gasteiger partial charge in [-0.15, -0.1) is 10.2 Å². The molecule has 2 atom stereocenters. The number of imide groups is 1. The Morgan fingerprint density at radius 2 is 2.04 bits per heavy atom. The van der Waals surface area contributed by atoms with Crippen molar-refractivity contribution in [2.75, 3.05) is 11.9 Å². The van der Waals surface area contributed by atoms with Crippen LogP contribution in [0.2, 0.25) is 0 Å². The second-order valence-corrected chi connectivity index (χ2v) is 9.92. The van der Waals surface area contributed by atoms with E-state index in [-0.39, 0.29) is 23.8 Å². The van der Waals surface area contributed by atoms with E-state index in [1.54, 1.807) is 0 Å². The van der Waals surface area contributed by atoms with Crippen LogP contribution in [0.25, 0.3) is 0 Å². The van der Waals surface area contributed by atoms with E-state index in [9.17, 15) is 14.4 Å². The first-order chi connectivity index (χ1) is 12.5. The lowest BCUT2D eigenvalue weighted by Crippen LogP contribution is -2.54. The van der Waals surface area contributed by atoms with Crippen LogP contribution in [0.5, 0.6) is 0 Å². The summed E-state index contributed by atoms with van der Waals surface area (Å²) in [5, 5.41) is 14.7. The predicted octanol–water partition coefficient (Wildman–Crippen LogP) is 2.74. The van der Waals surface area contributed by atoms with Gasteiger partial charge in [0.2, 0.25) is 11.0 Å². The van der Waals surface area contributed by atoms with Gasteiger partial charge in [0.1, 0.15) is 17.1 Å². The molecule has 4 amide bonds. The van der Waals surface area contributed by atoms with Gasteiger partial charge in [-0.1, -0.05) is 46.0 Å². The fourth-order valence-electron chi connectivity index (χ4n) is 4.47. The minimum Gasteiger partial charge on any atom is -0.323 e. The van der Waals surface area contributed by atoms with Crippen molar-refractivity contribution in [1.82, 2.24) is 20.4 Å². The van der Waals surface area contributed by atoms with Crippen molar-refractivity contribution in [3.05, 3.63) is 5.01 Å². The highest BCUT2D eigenvalue weighted by Crippen LogP contribution is 2.46. The number of aromatic nitrogens is 2. The van der Waals surface area contributed by atoms with Gasteiger partial charge in [-0.25, -0.2) is 4.79 Å². The molecule has 9 heteroatoms. The summed E-state index contributed by atoms with van der Waals surface area (Å²) in [6.07, 6.45) is 2.20. The fourth-order valence-corrected chi connectivity index (χ4v) is 5.23. The van der Waals surface area contributed by atoms with E-state index < -0.39 is 17.5 Å². The molecule has 1 aliphatic carbocycles. The van der Waals surface area contributed by atoms with E-state index in [1.165, 1.54) is 11.3 Å². The third kappa shape index (κ3) is 3.97. The quantitative estimate of drug-likeness (QED) is 0.766. The highest BCUT2D eigenvalue weighted by molar-refractivity contribution is 7.15. The van der Waals surface area contributed by atoms with Crippen molar-refractivity contribution in [3.8, 4) is 0 Å². The summed E-state index contributed by atoms with van der Waals surface area (Å²) in [7, 11) is 0. The lowest BCUT2D eigenvalue weighted by atomic mass is 9.64. The van der Waals surface area contributed by atoms with Gasteiger partial charge in [-0.3, -0.25) is 19.8 Å². The van der Waals surface area contributed by atoms with Crippen LogP contribution in [-0.4, -0.2) is 45.0 Å². The number of hydrogen-bond donors (Lipinski definition) is 2. The van der Waals surface area contributed by atoms with E-state index in [0.717, 1.165) is 16.3 Å². The molecular formula is C18H27N5O3S. The van der Waals surface area contributed by atoms with Crippen molar-refractivity contribution in [2.45, 2.75) is 65.3 Å². The Bertz CT molecular complexity index is 775. The van der Waals surface area contributed by atoms with Crippen molar-refractivity contribution < 1.29 is 14.4 Å². The molecule has 2 N–H and O–H groups in total. The average molecular weight is 394 g/mol. The third-order valence-electron chi connectivity index (χ3n) is 5.11. The Balaban J connectivity index is 1.69. The zero-order chi connectivity index (χ0) is 20.0. The number of hydrogen-bond acceptors (Lipinski definition) is 6. The molecule has 1 aromatic heterocycles. The predicted molar refractivity (Wildman–Crippen MR) is 102 cm³/mol. The highest BCUT2D eigenvalue weighted by Gasteiger charge is 2.56. The Morgan fingerprint density at radius 1 is 1.33 bits per heavy atom. The molecule has 8 nitrogen and oxygen atoms in total. The van der Waals surface area contributed by atoms with Crippen LogP contribution in [-0.2, 0) is 9.59 Å². The topological polar surface area (TPSA) is 104 Å². The third-order valence-corrected chi connectivity index (χ3v) is 6.25. The fraction of sp³-hybridized carbons (Fsp3) is 0.722. The van der Waals surface area contributed by atoms with E-state index in [4.69, 9.17) is 0 Å². The average Bonchev–Trinajstić information content (AvgIpc) is 3.05. The smallest absolute Gasteiger partial charge is 0.323 e. The number of carbonyl (C=O) groups excluding carboxylic acids is 3. The number of nitrogens with zero attached hydrogens (tertiary/aromatic N) is 3. The minimum atomic E-state index is -0.897. The second kappa shape index (κ2) is 6.85. The zero-order valence-corrected chi connectivity index (χ0v) is 17.3. The monoisotopic (exact) mass is 393 g/mol. The number of anilines is 1. The highest BCUT2D eigenvalue weighted by atomic mass is 32.1. The van der Waals surface area contributed by atoms with Gasteiger partial charge in [0, 0.05) is 5.92 Å². The van der Waals surface area contributed by atoms with E-state index >= 15 is 0 Å². The zero-order valence-electron chi connectivity index (χ0n) is 16.5. The standard InChI is InChI=1S/C18H27N5O3S/c1-10(2)13-21-22-15(27-13)19-12(24)8-23-14(25)18(20-16(23)26)7-11(3)6-17(4,5)9-18/h10-11H,6-9H2,1-5H3,(H,20,26)(H,19,22,24)/t11-,18-/m0/s1. The van der Waals surface area contributed by atoms with Gasteiger partial charge < -0.3 is 5.32 Å². The molecule has 27 heavy (non-hydrogen) atoms. The van der Waals surface area contributed by atoms with Crippen LogP contribution in [0.4, 0.5) is 9.93 Å². The summed E-state index contributed by atoms with van der Waals surface area (Å²) in [5.41, 5.74) is -0.940.